The molecule has 1 saturated heterocycles. The van der Waals surface area contributed by atoms with Crippen LogP contribution in [-0.2, 0) is 4.74 Å². The second-order valence-electron chi connectivity index (χ2n) is 7.69. The number of fused-ring (bicyclic) bond motifs is 1. The van der Waals surface area contributed by atoms with E-state index in [1.165, 1.54) is 14.2 Å². The van der Waals surface area contributed by atoms with Crippen molar-refractivity contribution in [1.82, 2.24) is 14.9 Å². The summed E-state index contributed by atoms with van der Waals surface area (Å²) in [5.74, 6) is 1.59. The van der Waals surface area contributed by atoms with E-state index in [-0.39, 0.29) is 6.09 Å². The Morgan fingerprint density at radius 3 is 2.34 bits per heavy atom. The fraction of sp³-hybridized carbons (Fsp3) is 0.526. The number of amides is 1. The molecule has 0 spiro atoms. The molecule has 29 heavy (non-hydrogen) atoms. The zero-order valence-corrected chi connectivity index (χ0v) is 18.0. The summed E-state index contributed by atoms with van der Waals surface area (Å²) in [6, 6.07) is 1.71. The van der Waals surface area contributed by atoms with Crippen molar-refractivity contribution in [3.05, 3.63) is 11.1 Å². The zero-order valence-electron chi connectivity index (χ0n) is 17.3. The molecule has 9 nitrogen and oxygen atoms in total. The number of piperazine rings is 1. The molecule has 1 fully saturated rings. The van der Waals surface area contributed by atoms with Gasteiger partial charge in [-0.2, -0.15) is 4.98 Å². The second-order valence-corrected chi connectivity index (χ2v) is 8.06. The molecule has 2 N–H and O–H groups in total. The molecule has 0 saturated carbocycles. The van der Waals surface area contributed by atoms with E-state index in [2.05, 4.69) is 9.97 Å². The van der Waals surface area contributed by atoms with E-state index in [1.807, 2.05) is 25.7 Å². The third kappa shape index (κ3) is 4.34. The van der Waals surface area contributed by atoms with Crippen LogP contribution in [0.15, 0.2) is 6.07 Å². The Morgan fingerprint density at radius 1 is 1.14 bits per heavy atom. The molecule has 10 heteroatoms. The standard InChI is InChI=1S/C19H26ClN5O4/c1-19(2,3)29-18(26)25-8-6-24(7-9-25)17-22-14-11(16(21)23-17)10-12(27-4)15(28-5)13(14)20/h10H,6-9H2,1-5H3,(H2,21,22,23). The molecule has 3 rings (SSSR count). The second kappa shape index (κ2) is 7.98. The number of carbonyl (C=O) groups excluding carboxylic acids is 1. The summed E-state index contributed by atoms with van der Waals surface area (Å²) in [5.41, 5.74) is 6.14. The highest BCUT2D eigenvalue weighted by Crippen LogP contribution is 2.41. The van der Waals surface area contributed by atoms with E-state index >= 15 is 0 Å². The van der Waals surface area contributed by atoms with Gasteiger partial charge in [-0.25, -0.2) is 9.78 Å². The highest BCUT2D eigenvalue weighted by atomic mass is 35.5. The van der Waals surface area contributed by atoms with Gasteiger partial charge in [0.25, 0.3) is 0 Å². The normalized spacial score (nSPS) is 14.8. The van der Waals surface area contributed by atoms with Crippen molar-refractivity contribution >= 4 is 40.4 Å². The molecule has 2 aromatic rings. The summed E-state index contributed by atoms with van der Waals surface area (Å²) in [7, 11) is 3.03. The number of rotatable bonds is 3. The van der Waals surface area contributed by atoms with Crippen LogP contribution in [0.2, 0.25) is 5.02 Å². The smallest absolute Gasteiger partial charge is 0.410 e. The first-order valence-electron chi connectivity index (χ1n) is 9.25. The number of nitrogens with zero attached hydrogens (tertiary/aromatic N) is 4. The molecule has 1 amide bonds. The molecule has 158 valence electrons. The fourth-order valence-corrected chi connectivity index (χ4v) is 3.41. The summed E-state index contributed by atoms with van der Waals surface area (Å²) < 4.78 is 16.1. The Hall–Kier alpha value is -2.68. The van der Waals surface area contributed by atoms with Crippen molar-refractivity contribution < 1.29 is 19.0 Å². The zero-order chi connectivity index (χ0) is 21.3. The Bertz CT molecular complexity index is 923. The lowest BCUT2D eigenvalue weighted by molar-refractivity contribution is 0.0240. The van der Waals surface area contributed by atoms with Gasteiger partial charge >= 0.3 is 6.09 Å². The molecule has 0 bridgehead atoms. The van der Waals surface area contributed by atoms with Gasteiger partial charge in [0.1, 0.15) is 22.0 Å². The van der Waals surface area contributed by atoms with Gasteiger partial charge in [0.2, 0.25) is 5.95 Å². The number of aromatic nitrogens is 2. The van der Waals surface area contributed by atoms with Crippen molar-refractivity contribution in [3.63, 3.8) is 0 Å². The molecule has 0 atom stereocenters. The molecule has 1 aromatic carbocycles. The summed E-state index contributed by atoms with van der Waals surface area (Å²) in [4.78, 5) is 24.9. The van der Waals surface area contributed by atoms with Crippen LogP contribution >= 0.6 is 11.6 Å². The Kier molecular flexibility index (Phi) is 5.79. The molecule has 1 aliphatic rings. The maximum atomic E-state index is 12.3. The van der Waals surface area contributed by atoms with Gasteiger partial charge < -0.3 is 29.7 Å². The van der Waals surface area contributed by atoms with E-state index in [4.69, 9.17) is 31.5 Å². The van der Waals surface area contributed by atoms with Gasteiger partial charge in [0, 0.05) is 31.6 Å². The minimum Gasteiger partial charge on any atom is -0.493 e. The first kappa shape index (κ1) is 21.0. The topological polar surface area (TPSA) is 103 Å². The highest BCUT2D eigenvalue weighted by molar-refractivity contribution is 6.37. The number of nitrogen functional groups attached to an aromatic ring is 1. The van der Waals surface area contributed by atoms with Crippen LogP contribution in [0.1, 0.15) is 20.8 Å². The molecule has 2 heterocycles. The number of hydrogen-bond donors (Lipinski definition) is 1. The van der Waals surface area contributed by atoms with E-state index in [1.54, 1.807) is 11.0 Å². The predicted octanol–water partition coefficient (Wildman–Crippen LogP) is 2.94. The lowest BCUT2D eigenvalue weighted by Crippen LogP contribution is -2.50. The van der Waals surface area contributed by atoms with Gasteiger partial charge in [-0.05, 0) is 26.8 Å². The van der Waals surface area contributed by atoms with Crippen molar-refractivity contribution in [2.24, 2.45) is 0 Å². The van der Waals surface area contributed by atoms with Crippen molar-refractivity contribution in [2.75, 3.05) is 51.0 Å². The number of ether oxygens (including phenoxy) is 3. The van der Waals surface area contributed by atoms with Crippen LogP contribution in [0.3, 0.4) is 0 Å². The van der Waals surface area contributed by atoms with Crippen LogP contribution in [0.25, 0.3) is 10.9 Å². The average molecular weight is 424 g/mol. The molecule has 0 radical (unpaired) electrons. The maximum absolute atomic E-state index is 12.3. The molecule has 1 aromatic heterocycles. The van der Waals surface area contributed by atoms with Gasteiger partial charge in [-0.3, -0.25) is 0 Å². The lowest BCUT2D eigenvalue weighted by Gasteiger charge is -2.35. The van der Waals surface area contributed by atoms with E-state index in [0.717, 1.165) is 0 Å². The van der Waals surface area contributed by atoms with E-state index in [9.17, 15) is 4.79 Å². The number of benzene rings is 1. The van der Waals surface area contributed by atoms with Gasteiger partial charge in [-0.1, -0.05) is 11.6 Å². The summed E-state index contributed by atoms with van der Waals surface area (Å²) >= 11 is 6.50. The number of methoxy groups -OCH3 is 2. The quantitative estimate of drug-likeness (QED) is 0.803. The SMILES string of the molecule is COc1cc2c(N)nc(N3CCN(C(=O)OC(C)(C)C)CC3)nc2c(Cl)c1OC. The molecule has 0 unspecified atom stereocenters. The largest absolute Gasteiger partial charge is 0.493 e. The Morgan fingerprint density at radius 2 is 1.79 bits per heavy atom. The summed E-state index contributed by atoms with van der Waals surface area (Å²) in [5, 5.41) is 0.897. The van der Waals surface area contributed by atoms with E-state index < -0.39 is 5.60 Å². The number of carbonyl (C=O) groups is 1. The third-order valence-electron chi connectivity index (χ3n) is 4.51. The van der Waals surface area contributed by atoms with Crippen molar-refractivity contribution in [2.45, 2.75) is 26.4 Å². The monoisotopic (exact) mass is 423 g/mol. The Balaban J connectivity index is 1.84. The number of hydrogen-bond acceptors (Lipinski definition) is 8. The van der Waals surface area contributed by atoms with E-state index in [0.29, 0.717) is 65.4 Å². The molecule has 0 aliphatic carbocycles. The highest BCUT2D eigenvalue weighted by Gasteiger charge is 2.27. The van der Waals surface area contributed by atoms with Crippen LogP contribution < -0.4 is 20.1 Å². The van der Waals surface area contributed by atoms with Crippen molar-refractivity contribution in [1.29, 1.82) is 0 Å². The first-order valence-corrected chi connectivity index (χ1v) is 9.63. The number of halogens is 1. The lowest BCUT2D eigenvalue weighted by atomic mass is 10.2. The first-order chi connectivity index (χ1) is 13.6. The number of nitrogens with two attached hydrogens (primary N) is 1. The van der Waals surface area contributed by atoms with Gasteiger partial charge in [0.15, 0.2) is 11.5 Å². The predicted molar refractivity (Wildman–Crippen MR) is 112 cm³/mol. The Labute approximate surface area is 174 Å². The van der Waals surface area contributed by atoms with Crippen LogP contribution in [0, 0.1) is 0 Å². The average Bonchev–Trinajstić information content (AvgIpc) is 2.67. The van der Waals surface area contributed by atoms with Crippen LogP contribution in [0.4, 0.5) is 16.6 Å². The van der Waals surface area contributed by atoms with Gasteiger partial charge in [0.05, 0.1) is 14.2 Å². The van der Waals surface area contributed by atoms with Gasteiger partial charge in [-0.15, -0.1) is 0 Å². The summed E-state index contributed by atoms with van der Waals surface area (Å²) in [6.45, 7) is 7.63. The summed E-state index contributed by atoms with van der Waals surface area (Å²) in [6.07, 6.45) is -0.323. The third-order valence-corrected chi connectivity index (χ3v) is 4.86. The van der Waals surface area contributed by atoms with Crippen molar-refractivity contribution in [3.8, 4) is 11.5 Å². The molecule has 1 aliphatic heterocycles. The molecular formula is C19H26ClN5O4. The van der Waals surface area contributed by atoms with Crippen LogP contribution in [0.5, 0.6) is 11.5 Å². The fourth-order valence-electron chi connectivity index (χ4n) is 3.10. The maximum Gasteiger partial charge on any atom is 0.410 e. The molecular weight excluding hydrogens is 398 g/mol. The minimum absolute atomic E-state index is 0.294. The van der Waals surface area contributed by atoms with Crippen LogP contribution in [-0.4, -0.2) is 67.0 Å². The minimum atomic E-state index is -0.527. The number of anilines is 2.